The summed E-state index contributed by atoms with van der Waals surface area (Å²) in [6.07, 6.45) is 3.18. The maximum Gasteiger partial charge on any atom is 0.241 e. The number of sulfonamides is 1. The molecule has 1 aliphatic carbocycles. The molecule has 0 saturated heterocycles. The molecule has 0 bridgehead atoms. The second-order valence-corrected chi connectivity index (χ2v) is 7.47. The zero-order valence-electron chi connectivity index (χ0n) is 10.4. The van der Waals surface area contributed by atoms with Crippen LogP contribution in [0.4, 0.5) is 5.69 Å². The predicted octanol–water partition coefficient (Wildman–Crippen LogP) is 1.61. The molecule has 7 heteroatoms. The molecule has 1 aromatic rings. The van der Waals surface area contributed by atoms with Crippen molar-refractivity contribution in [2.24, 2.45) is 0 Å². The van der Waals surface area contributed by atoms with Gasteiger partial charge in [-0.3, -0.25) is 0 Å². The smallest absolute Gasteiger partial charge is 0.241 e. The fourth-order valence-corrected chi connectivity index (χ4v) is 4.37. The van der Waals surface area contributed by atoms with Crippen molar-refractivity contribution in [1.82, 2.24) is 4.72 Å². The lowest BCUT2D eigenvalue weighted by Crippen LogP contribution is -2.49. The molecule has 0 unspecified atom stereocenters. The van der Waals surface area contributed by atoms with Crippen LogP contribution in [0.1, 0.15) is 25.7 Å². The van der Waals surface area contributed by atoms with E-state index in [0.717, 1.165) is 12.8 Å². The first-order chi connectivity index (χ1) is 8.88. The number of aliphatic hydroxyl groups is 1. The van der Waals surface area contributed by atoms with Crippen molar-refractivity contribution in [3.63, 3.8) is 0 Å². The zero-order chi connectivity index (χ0) is 14.1. The summed E-state index contributed by atoms with van der Waals surface area (Å²) >= 11 is 3.22. The number of anilines is 1. The van der Waals surface area contributed by atoms with E-state index in [2.05, 4.69) is 20.7 Å². The van der Waals surface area contributed by atoms with Crippen LogP contribution in [0.2, 0.25) is 0 Å². The van der Waals surface area contributed by atoms with Crippen molar-refractivity contribution in [2.75, 3.05) is 12.3 Å². The van der Waals surface area contributed by atoms with Crippen molar-refractivity contribution in [3.05, 3.63) is 22.7 Å². The predicted molar refractivity (Wildman–Crippen MR) is 77.2 cm³/mol. The molecule has 1 fully saturated rings. The van der Waals surface area contributed by atoms with E-state index in [9.17, 15) is 13.5 Å². The first kappa shape index (κ1) is 14.8. The van der Waals surface area contributed by atoms with E-state index in [1.54, 1.807) is 6.07 Å². The number of aliphatic hydroxyl groups excluding tert-OH is 1. The van der Waals surface area contributed by atoms with E-state index < -0.39 is 15.6 Å². The third kappa shape index (κ3) is 3.10. The van der Waals surface area contributed by atoms with Crippen molar-refractivity contribution in [2.45, 2.75) is 36.1 Å². The Hall–Kier alpha value is -0.630. The molecule has 0 aromatic heterocycles. The molecule has 1 aromatic carbocycles. The summed E-state index contributed by atoms with van der Waals surface area (Å²) in [5.41, 5.74) is 5.41. The third-order valence-electron chi connectivity index (χ3n) is 3.50. The first-order valence-electron chi connectivity index (χ1n) is 6.08. The molecular weight excluding hydrogens is 332 g/mol. The normalized spacial score (nSPS) is 18.6. The highest BCUT2D eigenvalue weighted by atomic mass is 79.9. The highest BCUT2D eigenvalue weighted by Crippen LogP contribution is 2.31. The van der Waals surface area contributed by atoms with Gasteiger partial charge in [0.1, 0.15) is 0 Å². The second kappa shape index (κ2) is 5.40. The maximum absolute atomic E-state index is 12.3. The average molecular weight is 349 g/mol. The van der Waals surface area contributed by atoms with Gasteiger partial charge < -0.3 is 10.8 Å². The Bertz CT molecular complexity index is 568. The Morgan fingerprint density at radius 2 is 2.00 bits per heavy atom. The van der Waals surface area contributed by atoms with Gasteiger partial charge >= 0.3 is 0 Å². The first-order valence-corrected chi connectivity index (χ1v) is 8.36. The van der Waals surface area contributed by atoms with Gasteiger partial charge in [-0.1, -0.05) is 12.8 Å². The number of benzene rings is 1. The third-order valence-corrected chi connectivity index (χ3v) is 5.76. The molecule has 5 nitrogen and oxygen atoms in total. The molecule has 1 saturated carbocycles. The minimum Gasteiger partial charge on any atom is -0.398 e. The Balaban J connectivity index is 2.29. The van der Waals surface area contributed by atoms with Gasteiger partial charge in [-0.05, 0) is 47.0 Å². The fraction of sp³-hybridized carbons (Fsp3) is 0.500. The van der Waals surface area contributed by atoms with Crippen LogP contribution in [0, 0.1) is 0 Å². The van der Waals surface area contributed by atoms with E-state index in [-0.39, 0.29) is 11.5 Å². The summed E-state index contributed by atoms with van der Waals surface area (Å²) in [6, 6.07) is 4.47. The van der Waals surface area contributed by atoms with Crippen molar-refractivity contribution < 1.29 is 13.5 Å². The average Bonchev–Trinajstić information content (AvgIpc) is 2.81. The van der Waals surface area contributed by atoms with Crippen molar-refractivity contribution in [1.29, 1.82) is 0 Å². The molecule has 2 rings (SSSR count). The maximum atomic E-state index is 12.3. The van der Waals surface area contributed by atoms with Crippen molar-refractivity contribution >= 4 is 31.6 Å². The minimum atomic E-state index is -3.65. The number of nitrogens with two attached hydrogens (primary N) is 1. The number of rotatable bonds is 4. The lowest BCUT2D eigenvalue weighted by atomic mass is 10.0. The molecule has 19 heavy (non-hydrogen) atoms. The van der Waals surface area contributed by atoms with Gasteiger partial charge in [0, 0.05) is 10.2 Å². The van der Waals surface area contributed by atoms with Crippen LogP contribution in [-0.2, 0) is 10.0 Å². The summed E-state index contributed by atoms with van der Waals surface area (Å²) in [6.45, 7) is -0.178. The summed E-state index contributed by atoms with van der Waals surface area (Å²) in [5, 5.41) is 9.47. The zero-order valence-corrected chi connectivity index (χ0v) is 12.8. The van der Waals surface area contributed by atoms with Gasteiger partial charge in [-0.15, -0.1) is 0 Å². The van der Waals surface area contributed by atoms with E-state index in [4.69, 9.17) is 5.73 Å². The standard InChI is InChI=1S/C12H17BrN2O3S/c13-10-7-9(3-4-11(10)14)19(17,18)15-12(8-16)5-1-2-6-12/h3-4,7,15-16H,1-2,5-6,8,14H2. The van der Waals surface area contributed by atoms with Crippen LogP contribution < -0.4 is 10.5 Å². The Labute approximate surface area is 121 Å². The highest BCUT2D eigenvalue weighted by Gasteiger charge is 2.37. The SMILES string of the molecule is Nc1ccc(S(=O)(=O)NC2(CO)CCCC2)cc1Br. The molecule has 0 radical (unpaired) electrons. The number of hydrogen-bond acceptors (Lipinski definition) is 4. The lowest BCUT2D eigenvalue weighted by Gasteiger charge is -2.27. The molecule has 1 aliphatic rings. The number of hydrogen-bond donors (Lipinski definition) is 3. The monoisotopic (exact) mass is 348 g/mol. The van der Waals surface area contributed by atoms with E-state index in [1.807, 2.05) is 0 Å². The van der Waals surface area contributed by atoms with E-state index >= 15 is 0 Å². The Morgan fingerprint density at radius 1 is 1.37 bits per heavy atom. The number of halogens is 1. The van der Waals surface area contributed by atoms with Gasteiger partial charge in [0.15, 0.2) is 0 Å². The van der Waals surface area contributed by atoms with Gasteiger partial charge in [0.25, 0.3) is 0 Å². The molecule has 0 heterocycles. The summed E-state index contributed by atoms with van der Waals surface area (Å²) in [5.74, 6) is 0. The topological polar surface area (TPSA) is 92.4 Å². The van der Waals surface area contributed by atoms with Crippen LogP contribution in [-0.4, -0.2) is 25.7 Å². The summed E-state index contributed by atoms with van der Waals surface area (Å²) < 4.78 is 27.8. The Kier molecular flexibility index (Phi) is 4.20. The van der Waals surface area contributed by atoms with Gasteiger partial charge in [0.2, 0.25) is 10.0 Å². The minimum absolute atomic E-state index is 0.147. The molecular formula is C12H17BrN2O3S. The molecule has 0 amide bonds. The quantitative estimate of drug-likeness (QED) is 0.720. The van der Waals surface area contributed by atoms with Crippen LogP contribution in [0.3, 0.4) is 0 Å². The Morgan fingerprint density at radius 3 is 2.53 bits per heavy atom. The van der Waals surface area contributed by atoms with Crippen molar-refractivity contribution in [3.8, 4) is 0 Å². The summed E-state index contributed by atoms with van der Waals surface area (Å²) in [7, 11) is -3.65. The molecule has 0 spiro atoms. The van der Waals surface area contributed by atoms with E-state index in [1.165, 1.54) is 12.1 Å². The molecule has 106 valence electrons. The van der Waals surface area contributed by atoms with Gasteiger partial charge in [-0.2, -0.15) is 0 Å². The molecule has 0 aliphatic heterocycles. The van der Waals surface area contributed by atoms with Gasteiger partial charge in [0.05, 0.1) is 17.0 Å². The van der Waals surface area contributed by atoms with Crippen LogP contribution >= 0.6 is 15.9 Å². The van der Waals surface area contributed by atoms with Crippen LogP contribution in [0.5, 0.6) is 0 Å². The number of nitrogen functional groups attached to an aromatic ring is 1. The van der Waals surface area contributed by atoms with E-state index in [0.29, 0.717) is 23.0 Å². The second-order valence-electron chi connectivity index (χ2n) is 4.93. The lowest BCUT2D eigenvalue weighted by molar-refractivity contribution is 0.185. The summed E-state index contributed by atoms with van der Waals surface area (Å²) in [4.78, 5) is 0.147. The highest BCUT2D eigenvalue weighted by molar-refractivity contribution is 9.10. The van der Waals surface area contributed by atoms with Crippen LogP contribution in [0.25, 0.3) is 0 Å². The molecule has 0 atom stereocenters. The van der Waals surface area contributed by atoms with Crippen LogP contribution in [0.15, 0.2) is 27.6 Å². The largest absolute Gasteiger partial charge is 0.398 e. The fourth-order valence-electron chi connectivity index (χ4n) is 2.36. The molecule has 4 N–H and O–H groups in total. The number of nitrogens with one attached hydrogen (secondary N) is 1. The van der Waals surface area contributed by atoms with Gasteiger partial charge in [-0.25, -0.2) is 13.1 Å².